The Morgan fingerprint density at radius 2 is 1.73 bits per heavy atom. The van der Waals surface area contributed by atoms with Crippen LogP contribution < -0.4 is 0 Å². The van der Waals surface area contributed by atoms with Crippen LogP contribution in [0.2, 0.25) is 5.02 Å². The van der Waals surface area contributed by atoms with Crippen molar-refractivity contribution in [3.8, 4) is 11.3 Å². The average Bonchev–Trinajstić information content (AvgIpc) is 3.22. The fraction of sp³-hybridized carbons (Fsp3) is 0. The van der Waals surface area contributed by atoms with E-state index in [9.17, 15) is 14.4 Å². The van der Waals surface area contributed by atoms with Crippen LogP contribution in [0.5, 0.6) is 0 Å². The van der Waals surface area contributed by atoms with Crippen molar-refractivity contribution in [3.05, 3.63) is 76.4 Å². The molecule has 1 N–H and O–H groups in total. The number of nitrogens with one attached hydrogen (secondary N) is 1. The summed E-state index contributed by atoms with van der Waals surface area (Å²) in [4.78, 5) is 42.2. The summed E-state index contributed by atoms with van der Waals surface area (Å²) >= 11 is 5.97. The summed E-state index contributed by atoms with van der Waals surface area (Å²) in [6.45, 7) is 0. The molecule has 2 aromatic carbocycles. The molecule has 7 nitrogen and oxygen atoms in total. The zero-order chi connectivity index (χ0) is 18.3. The Hall–Kier alpha value is -3.45. The van der Waals surface area contributed by atoms with E-state index < -0.39 is 17.8 Å². The number of carbonyl (C=O) groups excluding carboxylic acids is 3. The molecule has 0 unspecified atom stereocenters. The molecular weight excluding hydrogens is 358 g/mol. The first kappa shape index (κ1) is 16.0. The Balaban J connectivity index is 1.62. The quantitative estimate of drug-likeness (QED) is 0.718. The van der Waals surface area contributed by atoms with E-state index in [1.807, 2.05) is 0 Å². The summed E-state index contributed by atoms with van der Waals surface area (Å²) in [7, 11) is 0. The van der Waals surface area contributed by atoms with Crippen molar-refractivity contribution in [3.63, 3.8) is 0 Å². The fourth-order valence-electron chi connectivity index (χ4n) is 2.69. The first-order chi connectivity index (χ1) is 12.6. The van der Waals surface area contributed by atoms with Gasteiger partial charge in [-0.2, -0.15) is 5.10 Å². The summed E-state index contributed by atoms with van der Waals surface area (Å²) in [6.07, 6.45) is 1.26. The van der Waals surface area contributed by atoms with Gasteiger partial charge in [-0.3, -0.25) is 14.7 Å². The van der Waals surface area contributed by atoms with Gasteiger partial charge in [-0.15, -0.1) is 0 Å². The molecule has 0 saturated heterocycles. The smallest absolute Gasteiger partial charge is 0.324 e. The number of aromatic amines is 1. The third-order valence-corrected chi connectivity index (χ3v) is 4.14. The molecule has 26 heavy (non-hydrogen) atoms. The third kappa shape index (κ3) is 2.55. The normalized spacial score (nSPS) is 13.0. The largest absolute Gasteiger partial charge is 0.367 e. The topological polar surface area (TPSA) is 92.4 Å². The highest BCUT2D eigenvalue weighted by Gasteiger charge is 2.39. The second-order valence-corrected chi connectivity index (χ2v) is 5.93. The summed E-state index contributed by atoms with van der Waals surface area (Å²) < 4.78 is 0. The van der Waals surface area contributed by atoms with Gasteiger partial charge in [0.2, 0.25) is 0 Å². The number of halogens is 1. The molecular formula is C18H10ClN3O4. The molecule has 3 aromatic rings. The average molecular weight is 368 g/mol. The number of carbonyl (C=O) groups is 3. The molecule has 2 amide bonds. The van der Waals surface area contributed by atoms with Gasteiger partial charge >= 0.3 is 5.97 Å². The van der Waals surface area contributed by atoms with E-state index in [4.69, 9.17) is 16.4 Å². The number of hydrogen-bond acceptors (Lipinski definition) is 5. The summed E-state index contributed by atoms with van der Waals surface area (Å²) in [5.41, 5.74) is 1.43. The van der Waals surface area contributed by atoms with E-state index >= 15 is 0 Å². The number of amides is 2. The van der Waals surface area contributed by atoms with Crippen LogP contribution in [0.4, 0.5) is 0 Å². The van der Waals surface area contributed by atoms with Crippen LogP contribution in [-0.2, 0) is 4.84 Å². The highest BCUT2D eigenvalue weighted by atomic mass is 35.5. The molecule has 0 fully saturated rings. The van der Waals surface area contributed by atoms with Gasteiger partial charge in [0.05, 0.1) is 23.0 Å². The van der Waals surface area contributed by atoms with E-state index in [2.05, 4.69) is 10.2 Å². The standard InChI is InChI=1S/C18H10ClN3O4/c19-11-5-3-4-10(8-11)15-14(9-20-21-15)18(25)26-22-16(23)12-6-1-2-7-13(12)17(22)24/h1-9H,(H,20,21). The second-order valence-electron chi connectivity index (χ2n) is 5.50. The number of H-pyrrole nitrogens is 1. The molecule has 0 saturated carbocycles. The van der Waals surface area contributed by atoms with Gasteiger partial charge in [-0.1, -0.05) is 40.9 Å². The van der Waals surface area contributed by atoms with Crippen molar-refractivity contribution in [1.82, 2.24) is 15.3 Å². The SMILES string of the molecule is O=C(ON1C(=O)c2ccccc2C1=O)c1cn[nH]c1-c1cccc(Cl)c1. The maximum absolute atomic E-state index is 12.5. The lowest BCUT2D eigenvalue weighted by molar-refractivity contribution is -0.0584. The third-order valence-electron chi connectivity index (χ3n) is 3.90. The van der Waals surface area contributed by atoms with Crippen LogP contribution in [0, 0.1) is 0 Å². The van der Waals surface area contributed by atoms with Crippen molar-refractivity contribution in [2.24, 2.45) is 0 Å². The van der Waals surface area contributed by atoms with Crippen molar-refractivity contribution in [2.45, 2.75) is 0 Å². The first-order valence-corrected chi connectivity index (χ1v) is 7.93. The lowest BCUT2D eigenvalue weighted by atomic mass is 10.1. The predicted octanol–water partition coefficient (Wildman–Crippen LogP) is 3.10. The summed E-state index contributed by atoms with van der Waals surface area (Å²) in [5, 5.41) is 7.48. The molecule has 1 aromatic heterocycles. The molecule has 0 spiro atoms. The highest BCUT2D eigenvalue weighted by Crippen LogP contribution is 2.27. The van der Waals surface area contributed by atoms with Gasteiger partial charge in [-0.05, 0) is 24.3 Å². The molecule has 4 rings (SSSR count). The molecule has 0 aliphatic carbocycles. The van der Waals surface area contributed by atoms with E-state index in [0.29, 0.717) is 21.3 Å². The number of benzene rings is 2. The molecule has 1 aliphatic rings. The number of rotatable bonds is 3. The maximum atomic E-state index is 12.5. The van der Waals surface area contributed by atoms with E-state index in [1.54, 1.807) is 36.4 Å². The van der Waals surface area contributed by atoms with Crippen LogP contribution in [0.25, 0.3) is 11.3 Å². The van der Waals surface area contributed by atoms with Crippen molar-refractivity contribution in [2.75, 3.05) is 0 Å². The van der Waals surface area contributed by atoms with Crippen LogP contribution >= 0.6 is 11.6 Å². The Morgan fingerprint density at radius 1 is 1.04 bits per heavy atom. The van der Waals surface area contributed by atoms with E-state index in [0.717, 1.165) is 0 Å². The van der Waals surface area contributed by atoms with Gasteiger partial charge in [0.1, 0.15) is 5.56 Å². The van der Waals surface area contributed by atoms with Crippen molar-refractivity contribution in [1.29, 1.82) is 0 Å². The highest BCUT2D eigenvalue weighted by molar-refractivity contribution is 6.30. The lowest BCUT2D eigenvalue weighted by Crippen LogP contribution is -2.32. The monoisotopic (exact) mass is 367 g/mol. The van der Waals surface area contributed by atoms with Crippen molar-refractivity contribution >= 4 is 29.4 Å². The molecule has 0 atom stereocenters. The van der Waals surface area contributed by atoms with Crippen LogP contribution in [0.15, 0.2) is 54.7 Å². The van der Waals surface area contributed by atoms with Gasteiger partial charge < -0.3 is 4.84 Å². The molecule has 0 bridgehead atoms. The number of imide groups is 1. The Labute approximate surface area is 152 Å². The number of hydrogen-bond donors (Lipinski definition) is 1. The Bertz CT molecular complexity index is 1020. The molecule has 0 radical (unpaired) electrons. The van der Waals surface area contributed by atoms with Gasteiger partial charge in [0.25, 0.3) is 11.8 Å². The van der Waals surface area contributed by atoms with Crippen LogP contribution in [0.1, 0.15) is 31.1 Å². The predicted molar refractivity (Wildman–Crippen MR) is 91.4 cm³/mol. The summed E-state index contributed by atoms with van der Waals surface area (Å²) in [5.74, 6) is -2.26. The minimum Gasteiger partial charge on any atom is -0.324 e. The minimum absolute atomic E-state index is 0.0730. The van der Waals surface area contributed by atoms with Crippen molar-refractivity contribution < 1.29 is 19.2 Å². The van der Waals surface area contributed by atoms with E-state index in [-0.39, 0.29) is 16.7 Å². The van der Waals surface area contributed by atoms with Crippen LogP contribution in [0.3, 0.4) is 0 Å². The Kier molecular flexibility index (Phi) is 3.78. The Morgan fingerprint density at radius 3 is 2.38 bits per heavy atom. The minimum atomic E-state index is -0.886. The van der Waals surface area contributed by atoms with Gasteiger partial charge in [0.15, 0.2) is 0 Å². The lowest BCUT2D eigenvalue weighted by Gasteiger charge is -2.12. The first-order valence-electron chi connectivity index (χ1n) is 7.55. The van der Waals surface area contributed by atoms with Crippen LogP contribution in [-0.4, -0.2) is 33.0 Å². The zero-order valence-electron chi connectivity index (χ0n) is 13.1. The fourth-order valence-corrected chi connectivity index (χ4v) is 2.88. The molecule has 128 valence electrons. The van der Waals surface area contributed by atoms with Gasteiger partial charge in [0, 0.05) is 10.6 Å². The van der Waals surface area contributed by atoms with E-state index in [1.165, 1.54) is 18.3 Å². The molecule has 8 heteroatoms. The van der Waals surface area contributed by atoms with Gasteiger partial charge in [-0.25, -0.2) is 4.79 Å². The maximum Gasteiger partial charge on any atom is 0.367 e. The zero-order valence-corrected chi connectivity index (χ0v) is 13.9. The number of hydroxylamine groups is 2. The summed E-state index contributed by atoms with van der Waals surface area (Å²) in [6, 6.07) is 13.0. The number of fused-ring (bicyclic) bond motifs is 1. The number of nitrogens with zero attached hydrogens (tertiary/aromatic N) is 2. The molecule has 1 aliphatic heterocycles. The second kappa shape index (κ2) is 6.12. The number of aromatic nitrogens is 2. The molecule has 2 heterocycles.